The molecule has 172 valence electrons. The second-order valence-electron chi connectivity index (χ2n) is 8.84. The summed E-state index contributed by atoms with van der Waals surface area (Å²) in [5.74, 6) is 0.225. The third-order valence-electron chi connectivity index (χ3n) is 6.25. The summed E-state index contributed by atoms with van der Waals surface area (Å²) >= 11 is 0. The van der Waals surface area contributed by atoms with Gasteiger partial charge in [0.25, 0.3) is 0 Å². The molecular weight excluding hydrogens is 390 g/mol. The molecule has 0 aliphatic heterocycles. The molecule has 31 heavy (non-hydrogen) atoms. The van der Waals surface area contributed by atoms with E-state index in [1.54, 1.807) is 20.0 Å². The number of aromatic hydroxyl groups is 2. The first-order valence-electron chi connectivity index (χ1n) is 11.5. The molecule has 1 aliphatic rings. The fourth-order valence-corrected chi connectivity index (χ4v) is 4.50. The summed E-state index contributed by atoms with van der Waals surface area (Å²) < 4.78 is 5.12. The molecule has 0 radical (unpaired) electrons. The van der Waals surface area contributed by atoms with Gasteiger partial charge in [-0.05, 0) is 64.0 Å². The van der Waals surface area contributed by atoms with Crippen LogP contribution in [0.15, 0.2) is 29.9 Å². The predicted molar refractivity (Wildman–Crippen MR) is 126 cm³/mol. The number of allylic oxidation sites excluding steroid dienone is 3. The Hall–Kier alpha value is -2.43. The highest BCUT2D eigenvalue weighted by molar-refractivity contribution is 5.68. The lowest BCUT2D eigenvalue weighted by atomic mass is 9.73. The largest absolute Gasteiger partial charge is 0.507 e. The molecule has 0 spiro atoms. The number of phenolic OH excluding ortho intramolecular Hbond substituents is 2. The lowest BCUT2D eigenvalue weighted by Gasteiger charge is -2.32. The lowest BCUT2D eigenvalue weighted by molar-refractivity contribution is 0.114. The fourth-order valence-electron chi connectivity index (χ4n) is 4.50. The standard InChI is InChI=1S/C26H39NO4/c1-7-9-10-11-19-15-23(28)24(21-14-18(5)12-13-20(21)17(3)4)25(29)22(19)16-27(6)26(30)31-8-2/h14-15,20-21,28-29H,3,7-13,16H2,1-2,4-6H3. The normalized spacial score (nSPS) is 18.4. The SMILES string of the molecule is C=C(C)C1CCC(C)=CC1c1c(O)cc(CCCCC)c(CN(C)C(=O)OCC)c1O. The highest BCUT2D eigenvalue weighted by atomic mass is 16.6. The van der Waals surface area contributed by atoms with Crippen LogP contribution < -0.4 is 0 Å². The summed E-state index contributed by atoms with van der Waals surface area (Å²) in [5, 5.41) is 22.4. The van der Waals surface area contributed by atoms with Crippen molar-refractivity contribution in [3.8, 4) is 11.5 Å². The number of aryl methyl sites for hydroxylation is 1. The molecular formula is C26H39NO4. The van der Waals surface area contributed by atoms with Gasteiger partial charge in [0.2, 0.25) is 0 Å². The Kier molecular flexibility index (Phi) is 9.02. The summed E-state index contributed by atoms with van der Waals surface area (Å²) in [4.78, 5) is 13.7. The van der Waals surface area contributed by atoms with Gasteiger partial charge in [0.15, 0.2) is 0 Å². The van der Waals surface area contributed by atoms with Gasteiger partial charge in [-0.2, -0.15) is 0 Å². The molecule has 1 aromatic carbocycles. The van der Waals surface area contributed by atoms with E-state index >= 15 is 0 Å². The van der Waals surface area contributed by atoms with Crippen LogP contribution in [-0.2, 0) is 17.7 Å². The molecule has 5 heteroatoms. The van der Waals surface area contributed by atoms with Crippen molar-refractivity contribution in [2.75, 3.05) is 13.7 Å². The quantitative estimate of drug-likeness (QED) is 0.350. The number of hydrogen-bond donors (Lipinski definition) is 2. The average Bonchev–Trinajstić information content (AvgIpc) is 2.70. The van der Waals surface area contributed by atoms with Gasteiger partial charge in [0.05, 0.1) is 13.2 Å². The minimum absolute atomic E-state index is 0.0878. The Balaban J connectivity index is 2.55. The molecule has 1 amide bonds. The van der Waals surface area contributed by atoms with Crippen LogP contribution in [0.25, 0.3) is 0 Å². The number of hydrogen-bond acceptors (Lipinski definition) is 4. The van der Waals surface area contributed by atoms with E-state index in [2.05, 4.69) is 26.5 Å². The van der Waals surface area contributed by atoms with Crippen LogP contribution in [0.1, 0.15) is 82.4 Å². The Morgan fingerprint density at radius 3 is 2.61 bits per heavy atom. The zero-order valence-corrected chi connectivity index (χ0v) is 19.8. The van der Waals surface area contributed by atoms with Crippen molar-refractivity contribution in [2.45, 2.75) is 78.7 Å². The maximum absolute atomic E-state index is 12.2. The van der Waals surface area contributed by atoms with Crippen LogP contribution in [0.3, 0.4) is 0 Å². The number of carbonyl (C=O) groups is 1. The predicted octanol–water partition coefficient (Wildman–Crippen LogP) is 6.43. The van der Waals surface area contributed by atoms with E-state index < -0.39 is 6.09 Å². The van der Waals surface area contributed by atoms with Crippen LogP contribution in [0.2, 0.25) is 0 Å². The Morgan fingerprint density at radius 1 is 1.29 bits per heavy atom. The maximum atomic E-state index is 12.2. The second-order valence-corrected chi connectivity index (χ2v) is 8.84. The van der Waals surface area contributed by atoms with Crippen molar-refractivity contribution in [2.24, 2.45) is 5.92 Å². The van der Waals surface area contributed by atoms with Crippen molar-refractivity contribution in [1.82, 2.24) is 4.90 Å². The van der Waals surface area contributed by atoms with Crippen molar-refractivity contribution in [3.05, 3.63) is 46.6 Å². The maximum Gasteiger partial charge on any atom is 0.409 e. The molecule has 2 unspecified atom stereocenters. The summed E-state index contributed by atoms with van der Waals surface area (Å²) in [5.41, 5.74) is 4.41. The van der Waals surface area contributed by atoms with E-state index in [1.165, 1.54) is 10.5 Å². The smallest absolute Gasteiger partial charge is 0.409 e. The topological polar surface area (TPSA) is 70.0 Å². The van der Waals surface area contributed by atoms with Gasteiger partial charge in [-0.25, -0.2) is 4.79 Å². The first-order valence-corrected chi connectivity index (χ1v) is 11.5. The number of unbranched alkanes of at least 4 members (excludes halogenated alkanes) is 2. The van der Waals surface area contributed by atoms with E-state index in [0.717, 1.165) is 49.7 Å². The summed E-state index contributed by atoms with van der Waals surface area (Å²) in [6, 6.07) is 1.78. The fraction of sp³-hybridized carbons (Fsp3) is 0.577. The summed E-state index contributed by atoms with van der Waals surface area (Å²) in [6.45, 7) is 12.7. The average molecular weight is 430 g/mol. The van der Waals surface area contributed by atoms with Crippen LogP contribution in [0.5, 0.6) is 11.5 Å². The van der Waals surface area contributed by atoms with Gasteiger partial charge in [-0.1, -0.05) is 43.6 Å². The number of ether oxygens (including phenoxy) is 1. The first kappa shape index (κ1) is 24.8. The van der Waals surface area contributed by atoms with Crippen molar-refractivity contribution in [3.63, 3.8) is 0 Å². The number of nitrogens with zero attached hydrogens (tertiary/aromatic N) is 1. The van der Waals surface area contributed by atoms with Crippen molar-refractivity contribution >= 4 is 6.09 Å². The molecule has 0 fully saturated rings. The highest BCUT2D eigenvalue weighted by Crippen LogP contribution is 2.48. The highest BCUT2D eigenvalue weighted by Gasteiger charge is 2.32. The molecule has 0 bridgehead atoms. The van der Waals surface area contributed by atoms with Crippen molar-refractivity contribution < 1.29 is 19.7 Å². The second kappa shape index (κ2) is 11.3. The van der Waals surface area contributed by atoms with Crippen LogP contribution in [0.4, 0.5) is 4.79 Å². The molecule has 2 N–H and O–H groups in total. The van der Waals surface area contributed by atoms with Crippen molar-refractivity contribution in [1.29, 1.82) is 0 Å². The molecule has 0 aromatic heterocycles. The van der Waals surface area contributed by atoms with Crippen LogP contribution >= 0.6 is 0 Å². The van der Waals surface area contributed by atoms with Gasteiger partial charge in [0, 0.05) is 24.1 Å². The molecule has 0 saturated carbocycles. The lowest BCUT2D eigenvalue weighted by Crippen LogP contribution is -2.27. The molecule has 2 rings (SSSR count). The van der Waals surface area contributed by atoms with Gasteiger partial charge < -0.3 is 19.8 Å². The molecule has 0 saturated heterocycles. The molecule has 5 nitrogen and oxygen atoms in total. The summed E-state index contributed by atoms with van der Waals surface area (Å²) in [7, 11) is 1.67. The van der Waals surface area contributed by atoms with E-state index in [9.17, 15) is 15.0 Å². The van der Waals surface area contributed by atoms with E-state index in [4.69, 9.17) is 4.74 Å². The van der Waals surface area contributed by atoms with Gasteiger partial charge in [0.1, 0.15) is 11.5 Å². The number of amides is 1. The van der Waals surface area contributed by atoms with Crippen LogP contribution in [0, 0.1) is 5.92 Å². The molecule has 0 heterocycles. The third-order valence-corrected chi connectivity index (χ3v) is 6.25. The van der Waals surface area contributed by atoms with Gasteiger partial charge in [-0.3, -0.25) is 0 Å². The molecule has 2 atom stereocenters. The Bertz CT molecular complexity index is 827. The van der Waals surface area contributed by atoms with E-state index in [0.29, 0.717) is 17.7 Å². The summed E-state index contributed by atoms with van der Waals surface area (Å²) in [6.07, 6.45) is 7.50. The van der Waals surface area contributed by atoms with Gasteiger partial charge >= 0.3 is 6.09 Å². The Morgan fingerprint density at radius 2 is 2.00 bits per heavy atom. The molecule has 1 aliphatic carbocycles. The number of rotatable bonds is 9. The van der Waals surface area contributed by atoms with Gasteiger partial charge in [-0.15, -0.1) is 0 Å². The minimum atomic E-state index is -0.427. The first-order chi connectivity index (χ1) is 14.7. The zero-order valence-electron chi connectivity index (χ0n) is 19.8. The number of phenols is 2. The zero-order chi connectivity index (χ0) is 23.1. The number of carbonyl (C=O) groups excluding carboxylic acids is 1. The molecule has 1 aromatic rings. The van der Waals surface area contributed by atoms with Crippen LogP contribution in [-0.4, -0.2) is 34.9 Å². The minimum Gasteiger partial charge on any atom is -0.507 e. The third kappa shape index (κ3) is 6.05. The van der Waals surface area contributed by atoms with E-state index in [-0.39, 0.29) is 29.9 Å². The Labute approximate surface area is 187 Å². The van der Waals surface area contributed by atoms with E-state index in [1.807, 2.05) is 6.92 Å². The monoisotopic (exact) mass is 429 g/mol. The number of benzene rings is 1.